The SMILES string of the molecule is Cc1ccnc(N2CCC(c3nnc4ccc(-c5cccnc5)nn34)CC2)n1. The van der Waals surface area contributed by atoms with Crippen molar-refractivity contribution < 1.29 is 0 Å². The van der Waals surface area contributed by atoms with E-state index in [1.807, 2.05) is 54.2 Å². The molecule has 0 bridgehead atoms. The molecule has 5 heterocycles. The molecule has 140 valence electrons. The summed E-state index contributed by atoms with van der Waals surface area (Å²) in [6.45, 7) is 3.78. The Labute approximate surface area is 162 Å². The zero-order chi connectivity index (χ0) is 18.9. The van der Waals surface area contributed by atoms with Crippen LogP contribution >= 0.6 is 0 Å². The van der Waals surface area contributed by atoms with E-state index in [0.717, 1.165) is 60.3 Å². The largest absolute Gasteiger partial charge is 0.341 e. The summed E-state index contributed by atoms with van der Waals surface area (Å²) in [6, 6.07) is 9.76. The van der Waals surface area contributed by atoms with Crippen LogP contribution in [0.1, 0.15) is 30.3 Å². The average Bonchev–Trinajstić information content (AvgIpc) is 3.18. The second-order valence-electron chi connectivity index (χ2n) is 7.05. The first-order valence-electron chi connectivity index (χ1n) is 9.45. The first kappa shape index (κ1) is 16.7. The van der Waals surface area contributed by atoms with Gasteiger partial charge in [-0.3, -0.25) is 4.98 Å². The second-order valence-corrected chi connectivity index (χ2v) is 7.05. The van der Waals surface area contributed by atoms with Crippen LogP contribution in [0.2, 0.25) is 0 Å². The summed E-state index contributed by atoms with van der Waals surface area (Å²) in [7, 11) is 0. The fourth-order valence-corrected chi connectivity index (χ4v) is 3.65. The molecule has 4 aromatic rings. The quantitative estimate of drug-likeness (QED) is 0.546. The van der Waals surface area contributed by atoms with Gasteiger partial charge in [-0.05, 0) is 50.1 Å². The smallest absolute Gasteiger partial charge is 0.225 e. The summed E-state index contributed by atoms with van der Waals surface area (Å²) in [4.78, 5) is 15.4. The van der Waals surface area contributed by atoms with Crippen LogP contribution in [0.5, 0.6) is 0 Å². The van der Waals surface area contributed by atoms with Crippen LogP contribution in [0.4, 0.5) is 5.95 Å². The summed E-state index contributed by atoms with van der Waals surface area (Å²) in [5.74, 6) is 2.04. The minimum Gasteiger partial charge on any atom is -0.341 e. The van der Waals surface area contributed by atoms with Crippen LogP contribution in [0.15, 0.2) is 48.9 Å². The van der Waals surface area contributed by atoms with Crippen molar-refractivity contribution in [3.63, 3.8) is 0 Å². The summed E-state index contributed by atoms with van der Waals surface area (Å²) in [6.07, 6.45) is 7.34. The van der Waals surface area contributed by atoms with Gasteiger partial charge in [0.25, 0.3) is 0 Å². The van der Waals surface area contributed by atoms with E-state index in [1.54, 1.807) is 6.20 Å². The van der Waals surface area contributed by atoms with Crippen molar-refractivity contribution in [3.8, 4) is 11.3 Å². The maximum Gasteiger partial charge on any atom is 0.225 e. The van der Waals surface area contributed by atoms with Crippen molar-refractivity contribution >= 4 is 11.6 Å². The summed E-state index contributed by atoms with van der Waals surface area (Å²) >= 11 is 0. The van der Waals surface area contributed by atoms with Gasteiger partial charge in [0.1, 0.15) is 0 Å². The lowest BCUT2D eigenvalue weighted by Crippen LogP contribution is -2.34. The maximum atomic E-state index is 4.78. The molecule has 8 heteroatoms. The maximum absolute atomic E-state index is 4.78. The molecule has 1 fully saturated rings. The van der Waals surface area contributed by atoms with Crippen LogP contribution in [0.25, 0.3) is 16.9 Å². The third kappa shape index (κ3) is 3.06. The molecular formula is C20H20N8. The Morgan fingerprint density at radius 3 is 2.68 bits per heavy atom. The van der Waals surface area contributed by atoms with Crippen LogP contribution in [-0.4, -0.2) is 47.9 Å². The van der Waals surface area contributed by atoms with Gasteiger partial charge in [-0.1, -0.05) is 0 Å². The first-order chi connectivity index (χ1) is 13.8. The zero-order valence-electron chi connectivity index (χ0n) is 15.6. The normalized spacial score (nSPS) is 15.2. The third-order valence-corrected chi connectivity index (χ3v) is 5.17. The molecule has 0 aromatic carbocycles. The second kappa shape index (κ2) is 6.95. The van der Waals surface area contributed by atoms with Gasteiger partial charge in [0.2, 0.25) is 5.95 Å². The number of rotatable bonds is 3. The number of aromatic nitrogens is 7. The van der Waals surface area contributed by atoms with Crippen LogP contribution < -0.4 is 4.90 Å². The number of anilines is 1. The Morgan fingerprint density at radius 1 is 1.00 bits per heavy atom. The number of nitrogens with zero attached hydrogens (tertiary/aromatic N) is 8. The summed E-state index contributed by atoms with van der Waals surface area (Å²) < 4.78 is 1.88. The highest BCUT2D eigenvalue weighted by Gasteiger charge is 2.26. The van der Waals surface area contributed by atoms with Gasteiger partial charge in [0, 0.05) is 48.9 Å². The number of fused-ring (bicyclic) bond motifs is 1. The molecule has 28 heavy (non-hydrogen) atoms. The van der Waals surface area contributed by atoms with Crippen molar-refractivity contribution in [2.75, 3.05) is 18.0 Å². The van der Waals surface area contributed by atoms with Crippen LogP contribution in [-0.2, 0) is 0 Å². The van der Waals surface area contributed by atoms with Gasteiger partial charge < -0.3 is 4.90 Å². The van der Waals surface area contributed by atoms with Gasteiger partial charge in [0.05, 0.1) is 5.69 Å². The van der Waals surface area contributed by atoms with Crippen LogP contribution in [0.3, 0.4) is 0 Å². The Kier molecular flexibility index (Phi) is 4.16. The monoisotopic (exact) mass is 372 g/mol. The molecule has 1 aliphatic rings. The molecule has 1 saturated heterocycles. The standard InChI is InChI=1S/C20H20N8/c1-14-6-10-22-20(23-14)27-11-7-15(8-12-27)19-25-24-18-5-4-17(26-28(18)19)16-3-2-9-21-13-16/h2-6,9-10,13,15H,7-8,11-12H2,1H3. The van der Waals surface area contributed by atoms with Crippen molar-refractivity contribution in [2.24, 2.45) is 0 Å². The number of pyridine rings is 1. The first-order valence-corrected chi connectivity index (χ1v) is 9.45. The molecule has 0 saturated carbocycles. The highest BCUT2D eigenvalue weighted by molar-refractivity contribution is 5.58. The van der Waals surface area contributed by atoms with E-state index < -0.39 is 0 Å². The predicted octanol–water partition coefficient (Wildman–Crippen LogP) is 2.67. The Balaban J connectivity index is 1.39. The molecular weight excluding hydrogens is 352 g/mol. The predicted molar refractivity (Wildman–Crippen MR) is 105 cm³/mol. The summed E-state index contributed by atoms with van der Waals surface area (Å²) in [5, 5.41) is 13.5. The molecule has 0 spiro atoms. The van der Waals surface area contributed by atoms with E-state index in [2.05, 4.69) is 30.0 Å². The van der Waals surface area contributed by atoms with Gasteiger partial charge >= 0.3 is 0 Å². The van der Waals surface area contributed by atoms with Crippen molar-refractivity contribution in [1.82, 2.24) is 34.8 Å². The minimum atomic E-state index is 0.313. The Hall–Kier alpha value is -3.42. The third-order valence-electron chi connectivity index (χ3n) is 5.17. The molecule has 0 unspecified atom stereocenters. The number of aryl methyl sites for hydroxylation is 1. The zero-order valence-corrected chi connectivity index (χ0v) is 15.6. The molecule has 1 aliphatic heterocycles. The van der Waals surface area contributed by atoms with Gasteiger partial charge in [-0.25, -0.2) is 9.97 Å². The topological polar surface area (TPSA) is 85.0 Å². The Bertz CT molecular complexity index is 1100. The molecule has 0 amide bonds. The van der Waals surface area contributed by atoms with E-state index in [4.69, 9.17) is 5.10 Å². The van der Waals surface area contributed by atoms with Gasteiger partial charge in [-0.2, -0.15) is 9.61 Å². The number of hydrogen-bond donors (Lipinski definition) is 0. The van der Waals surface area contributed by atoms with E-state index in [1.165, 1.54) is 0 Å². The van der Waals surface area contributed by atoms with Gasteiger partial charge in [0.15, 0.2) is 11.5 Å². The van der Waals surface area contributed by atoms with E-state index in [-0.39, 0.29) is 0 Å². The van der Waals surface area contributed by atoms with Crippen LogP contribution in [0, 0.1) is 6.92 Å². The van der Waals surface area contributed by atoms with E-state index in [9.17, 15) is 0 Å². The lowest BCUT2D eigenvalue weighted by molar-refractivity contribution is 0.472. The fraction of sp³-hybridized carbons (Fsp3) is 0.300. The lowest BCUT2D eigenvalue weighted by atomic mass is 9.96. The van der Waals surface area contributed by atoms with Crippen molar-refractivity contribution in [2.45, 2.75) is 25.7 Å². The van der Waals surface area contributed by atoms with Crippen molar-refractivity contribution in [3.05, 3.63) is 60.4 Å². The highest BCUT2D eigenvalue weighted by Crippen LogP contribution is 2.28. The number of hydrogen-bond acceptors (Lipinski definition) is 7. The highest BCUT2D eigenvalue weighted by atomic mass is 15.4. The molecule has 0 radical (unpaired) electrons. The van der Waals surface area contributed by atoms with Gasteiger partial charge in [-0.15, -0.1) is 10.2 Å². The van der Waals surface area contributed by atoms with Crippen molar-refractivity contribution in [1.29, 1.82) is 0 Å². The molecule has 8 nitrogen and oxygen atoms in total. The van der Waals surface area contributed by atoms with E-state index in [0.29, 0.717) is 5.92 Å². The fourth-order valence-electron chi connectivity index (χ4n) is 3.65. The average molecular weight is 372 g/mol. The number of piperidine rings is 1. The summed E-state index contributed by atoms with van der Waals surface area (Å²) in [5.41, 5.74) is 3.61. The Morgan fingerprint density at radius 2 is 1.89 bits per heavy atom. The minimum absolute atomic E-state index is 0.313. The lowest BCUT2D eigenvalue weighted by Gasteiger charge is -2.31. The molecule has 5 rings (SSSR count). The molecule has 0 N–H and O–H groups in total. The molecule has 0 aliphatic carbocycles. The van der Waals surface area contributed by atoms with E-state index >= 15 is 0 Å². The molecule has 0 atom stereocenters. The molecule has 4 aromatic heterocycles.